The highest BCUT2D eigenvalue weighted by molar-refractivity contribution is 7.52. The lowest BCUT2D eigenvalue weighted by Crippen LogP contribution is -2.37. The first-order valence-corrected chi connectivity index (χ1v) is 5.79. The first-order chi connectivity index (χ1) is 6.79. The molecule has 0 bridgehead atoms. The first-order valence-electron chi connectivity index (χ1n) is 4.10. The summed E-state index contributed by atoms with van der Waals surface area (Å²) in [5.74, 6) is -2.72. The molecule has 0 saturated carbocycles. The van der Waals surface area contributed by atoms with E-state index >= 15 is 0 Å². The van der Waals surface area contributed by atoms with Gasteiger partial charge in [-0.1, -0.05) is 0 Å². The molecule has 5 atom stereocenters. The van der Waals surface area contributed by atoms with Crippen LogP contribution < -0.4 is 0 Å². The zero-order valence-corrected chi connectivity index (χ0v) is 8.37. The van der Waals surface area contributed by atoms with Crippen molar-refractivity contribution in [1.82, 2.24) is 0 Å². The maximum atomic E-state index is 13.1. The van der Waals surface area contributed by atoms with E-state index in [1.165, 1.54) is 0 Å². The van der Waals surface area contributed by atoms with Gasteiger partial charge in [0, 0.05) is 0 Å². The average molecular weight is 246 g/mol. The fourth-order valence-corrected chi connectivity index (χ4v) is 1.98. The third-order valence-corrected chi connectivity index (χ3v) is 3.11. The summed E-state index contributed by atoms with van der Waals surface area (Å²) in [4.78, 5) is 17.0. The molecule has 0 aromatic rings. The van der Waals surface area contributed by atoms with Gasteiger partial charge in [0.05, 0.1) is 6.61 Å². The Hall–Kier alpha value is -0.0800. The summed E-state index contributed by atoms with van der Waals surface area (Å²) >= 11 is 0. The minimum absolute atomic E-state index is 0.678. The molecule has 1 unspecified atom stereocenters. The van der Waals surface area contributed by atoms with Crippen molar-refractivity contribution in [1.29, 1.82) is 0 Å². The van der Waals surface area contributed by atoms with Crippen molar-refractivity contribution in [3.05, 3.63) is 0 Å². The number of rotatable bonds is 3. The normalized spacial score (nSPS) is 39.3. The van der Waals surface area contributed by atoms with Crippen LogP contribution in [0.25, 0.3) is 0 Å². The summed E-state index contributed by atoms with van der Waals surface area (Å²) < 4.78 is 28.3. The van der Waals surface area contributed by atoms with Crippen LogP contribution in [-0.2, 0) is 9.30 Å². The Balaban J connectivity index is 2.77. The van der Waals surface area contributed by atoms with Gasteiger partial charge in [0.25, 0.3) is 0 Å². The second-order valence-corrected chi connectivity index (χ2v) is 4.94. The van der Waals surface area contributed by atoms with Gasteiger partial charge in [-0.25, -0.2) is 4.39 Å². The molecule has 90 valence electrons. The predicted octanol–water partition coefficient (Wildman–Crippen LogP) is -2.06. The van der Waals surface area contributed by atoms with Crippen molar-refractivity contribution in [2.45, 2.75) is 30.3 Å². The van der Waals surface area contributed by atoms with E-state index in [1.54, 1.807) is 0 Å². The first kappa shape index (κ1) is 13.0. The standard InChI is InChI=1S/C6H12FO7P/c7-6(15(11,12)13)5-4(10)3(9)2(1-8)14-5/h2-6,8-10H,1H2,(H2,11,12,13)/t2-,3-,4+,5+,6?/m1/s1. The van der Waals surface area contributed by atoms with Crippen LogP contribution in [0.4, 0.5) is 4.39 Å². The smallest absolute Gasteiger partial charge is 0.362 e. The van der Waals surface area contributed by atoms with Gasteiger partial charge in [-0.05, 0) is 0 Å². The van der Waals surface area contributed by atoms with Gasteiger partial charge < -0.3 is 29.8 Å². The SMILES string of the molecule is O=P(O)(O)C(F)[C@H]1O[C@H](CO)[C@@H](O)[C@@H]1O. The molecule has 1 rings (SSSR count). The number of halogens is 1. The number of aliphatic hydroxyl groups excluding tert-OH is 3. The van der Waals surface area contributed by atoms with E-state index in [-0.39, 0.29) is 0 Å². The van der Waals surface area contributed by atoms with E-state index in [0.29, 0.717) is 0 Å². The molecule has 1 saturated heterocycles. The summed E-state index contributed by atoms with van der Waals surface area (Å²) in [5.41, 5.74) is 0. The quantitative estimate of drug-likeness (QED) is 0.362. The van der Waals surface area contributed by atoms with Crippen LogP contribution in [0, 0.1) is 0 Å². The Morgan fingerprint density at radius 3 is 2.20 bits per heavy atom. The molecule has 1 heterocycles. The van der Waals surface area contributed by atoms with Crippen molar-refractivity contribution in [2.24, 2.45) is 0 Å². The van der Waals surface area contributed by atoms with Crippen molar-refractivity contribution < 1.29 is 38.8 Å². The van der Waals surface area contributed by atoms with Crippen molar-refractivity contribution in [2.75, 3.05) is 6.61 Å². The van der Waals surface area contributed by atoms with E-state index in [9.17, 15) is 19.2 Å². The minimum Gasteiger partial charge on any atom is -0.394 e. The molecule has 0 spiro atoms. The van der Waals surface area contributed by atoms with Crippen LogP contribution in [0.15, 0.2) is 0 Å². The summed E-state index contributed by atoms with van der Waals surface area (Å²) in [6.45, 7) is -0.678. The van der Waals surface area contributed by atoms with E-state index in [2.05, 4.69) is 4.74 Å². The molecule has 1 fully saturated rings. The van der Waals surface area contributed by atoms with Crippen LogP contribution in [0.2, 0.25) is 0 Å². The largest absolute Gasteiger partial charge is 0.394 e. The Bertz CT molecular complexity index is 268. The Morgan fingerprint density at radius 1 is 1.33 bits per heavy atom. The Kier molecular flexibility index (Phi) is 3.83. The highest BCUT2D eigenvalue weighted by atomic mass is 31.2. The molecule has 0 radical (unpaired) electrons. The lowest BCUT2D eigenvalue weighted by atomic mass is 10.1. The topological polar surface area (TPSA) is 127 Å². The van der Waals surface area contributed by atoms with Crippen molar-refractivity contribution in [3.63, 3.8) is 0 Å². The zero-order valence-electron chi connectivity index (χ0n) is 7.47. The van der Waals surface area contributed by atoms with Gasteiger partial charge in [0.15, 0.2) is 0 Å². The van der Waals surface area contributed by atoms with E-state index < -0.39 is 44.5 Å². The third kappa shape index (κ3) is 2.54. The number of aliphatic hydroxyl groups is 3. The molecule has 15 heavy (non-hydrogen) atoms. The second kappa shape index (κ2) is 4.42. The highest BCUT2D eigenvalue weighted by Crippen LogP contribution is 2.47. The van der Waals surface area contributed by atoms with Crippen LogP contribution in [0.5, 0.6) is 0 Å². The highest BCUT2D eigenvalue weighted by Gasteiger charge is 2.51. The summed E-state index contributed by atoms with van der Waals surface area (Å²) in [5, 5.41) is 27.1. The van der Waals surface area contributed by atoms with Crippen LogP contribution in [-0.4, -0.2) is 62.0 Å². The molecular formula is C6H12FO7P. The summed E-state index contributed by atoms with van der Waals surface area (Å²) in [6, 6.07) is 0. The molecule has 0 amide bonds. The minimum atomic E-state index is -5.05. The number of hydrogen-bond acceptors (Lipinski definition) is 5. The molecule has 1 aliphatic heterocycles. The Labute approximate surface area is 84.3 Å². The summed E-state index contributed by atoms with van der Waals surface area (Å²) in [6.07, 6.45) is -6.41. The number of alkyl halides is 1. The van der Waals surface area contributed by atoms with Crippen molar-refractivity contribution >= 4 is 7.60 Å². The maximum absolute atomic E-state index is 13.1. The van der Waals surface area contributed by atoms with Gasteiger partial charge in [0.1, 0.15) is 24.4 Å². The third-order valence-electron chi connectivity index (χ3n) is 2.17. The van der Waals surface area contributed by atoms with Gasteiger partial charge >= 0.3 is 7.60 Å². The molecule has 9 heteroatoms. The number of hydrogen-bond donors (Lipinski definition) is 5. The number of ether oxygens (including phenoxy) is 1. The predicted molar refractivity (Wildman–Crippen MR) is 44.7 cm³/mol. The van der Waals surface area contributed by atoms with Gasteiger partial charge in [-0.2, -0.15) is 0 Å². The summed E-state index contributed by atoms with van der Waals surface area (Å²) in [7, 11) is -5.05. The molecular weight excluding hydrogens is 234 g/mol. The molecule has 0 aromatic carbocycles. The van der Waals surface area contributed by atoms with Crippen LogP contribution in [0.3, 0.4) is 0 Å². The molecule has 5 N–H and O–H groups in total. The molecule has 0 aliphatic carbocycles. The molecule has 1 aliphatic rings. The average Bonchev–Trinajstić information content (AvgIpc) is 2.41. The van der Waals surface area contributed by atoms with Crippen molar-refractivity contribution in [3.8, 4) is 0 Å². The Morgan fingerprint density at radius 2 is 1.87 bits per heavy atom. The fraction of sp³-hybridized carbons (Fsp3) is 1.00. The fourth-order valence-electron chi connectivity index (χ4n) is 1.35. The van der Waals surface area contributed by atoms with Gasteiger partial charge in [-0.3, -0.25) is 4.57 Å². The van der Waals surface area contributed by atoms with Gasteiger partial charge in [0.2, 0.25) is 5.91 Å². The van der Waals surface area contributed by atoms with Crippen LogP contribution in [0.1, 0.15) is 0 Å². The zero-order chi connectivity index (χ0) is 11.8. The molecule has 7 nitrogen and oxygen atoms in total. The van der Waals surface area contributed by atoms with Gasteiger partial charge in [-0.15, -0.1) is 0 Å². The lowest BCUT2D eigenvalue weighted by molar-refractivity contribution is -0.0389. The van der Waals surface area contributed by atoms with E-state index in [1.807, 2.05) is 0 Å². The molecule has 0 aromatic heterocycles. The second-order valence-electron chi connectivity index (χ2n) is 3.26. The van der Waals surface area contributed by atoms with E-state index in [4.69, 9.17) is 14.9 Å². The van der Waals surface area contributed by atoms with Crippen LogP contribution >= 0.6 is 7.60 Å². The maximum Gasteiger partial charge on any atom is 0.362 e. The monoisotopic (exact) mass is 246 g/mol. The van der Waals surface area contributed by atoms with E-state index in [0.717, 1.165) is 0 Å². The lowest BCUT2D eigenvalue weighted by Gasteiger charge is -2.19.